The first-order valence-corrected chi connectivity index (χ1v) is 7.26. The Labute approximate surface area is 117 Å². The molecule has 2 aromatic rings. The van der Waals surface area contributed by atoms with Gasteiger partial charge in [0.2, 0.25) is 5.91 Å². The highest BCUT2D eigenvalue weighted by Crippen LogP contribution is 2.22. The second kappa shape index (κ2) is 5.57. The van der Waals surface area contributed by atoms with Crippen LogP contribution in [0.2, 0.25) is 0 Å². The maximum atomic E-state index is 12.1. The zero-order chi connectivity index (χ0) is 13.9. The number of thiophene rings is 1. The van der Waals surface area contributed by atoms with Gasteiger partial charge < -0.3 is 9.88 Å². The molecule has 0 bridgehead atoms. The molecule has 1 N–H and O–H groups in total. The van der Waals surface area contributed by atoms with Crippen LogP contribution in [-0.4, -0.2) is 21.0 Å². The quantitative estimate of drug-likeness (QED) is 0.913. The lowest BCUT2D eigenvalue weighted by atomic mass is 10.0. The molecule has 4 nitrogen and oxygen atoms in total. The number of amides is 1. The first-order chi connectivity index (χ1) is 9.02. The van der Waals surface area contributed by atoms with Crippen molar-refractivity contribution < 1.29 is 4.79 Å². The molecule has 0 saturated heterocycles. The molecule has 1 amide bonds. The number of hydrogen-bond donors (Lipinski definition) is 1. The third-order valence-corrected chi connectivity index (χ3v) is 4.00. The fourth-order valence-corrected chi connectivity index (χ4v) is 2.46. The van der Waals surface area contributed by atoms with Gasteiger partial charge in [-0.05, 0) is 31.7 Å². The average Bonchev–Trinajstić information content (AvgIpc) is 2.97. The molecule has 0 saturated carbocycles. The molecule has 0 spiro atoms. The summed E-state index contributed by atoms with van der Waals surface area (Å²) in [4.78, 5) is 17.4. The van der Waals surface area contributed by atoms with Crippen LogP contribution in [0.25, 0.3) is 10.7 Å². The Hall–Kier alpha value is -1.62. The number of nitrogens with zero attached hydrogens (tertiary/aromatic N) is 2. The van der Waals surface area contributed by atoms with E-state index in [4.69, 9.17) is 0 Å². The van der Waals surface area contributed by atoms with E-state index in [1.807, 2.05) is 42.1 Å². The summed E-state index contributed by atoms with van der Waals surface area (Å²) in [5.41, 5.74) is -0.166. The standard InChI is InChI=1S/C14H19N3OS/c1-4-14(2,3)16-12(18)10-17-8-7-15-13(17)11-6-5-9-19-11/h5-9H,4,10H2,1-3H3,(H,16,18). The van der Waals surface area contributed by atoms with Crippen LogP contribution in [0.5, 0.6) is 0 Å². The lowest BCUT2D eigenvalue weighted by molar-refractivity contribution is -0.123. The molecule has 0 aliphatic carbocycles. The highest BCUT2D eigenvalue weighted by atomic mass is 32.1. The van der Waals surface area contributed by atoms with Crippen LogP contribution in [-0.2, 0) is 11.3 Å². The van der Waals surface area contributed by atoms with Crippen molar-refractivity contribution in [1.29, 1.82) is 0 Å². The molecule has 2 aromatic heterocycles. The molecule has 0 aliphatic rings. The van der Waals surface area contributed by atoms with Crippen LogP contribution < -0.4 is 5.32 Å². The summed E-state index contributed by atoms with van der Waals surface area (Å²) < 4.78 is 1.88. The van der Waals surface area contributed by atoms with Gasteiger partial charge in [-0.25, -0.2) is 4.98 Å². The summed E-state index contributed by atoms with van der Waals surface area (Å²) >= 11 is 1.62. The van der Waals surface area contributed by atoms with Gasteiger partial charge in [-0.2, -0.15) is 0 Å². The van der Waals surface area contributed by atoms with Crippen molar-refractivity contribution in [1.82, 2.24) is 14.9 Å². The van der Waals surface area contributed by atoms with E-state index in [0.717, 1.165) is 17.1 Å². The summed E-state index contributed by atoms with van der Waals surface area (Å²) in [6.07, 6.45) is 4.47. The van der Waals surface area contributed by atoms with E-state index < -0.39 is 0 Å². The van der Waals surface area contributed by atoms with Crippen LogP contribution >= 0.6 is 11.3 Å². The van der Waals surface area contributed by atoms with E-state index in [2.05, 4.69) is 17.2 Å². The summed E-state index contributed by atoms with van der Waals surface area (Å²) in [5.74, 6) is 0.863. The number of hydrogen-bond acceptors (Lipinski definition) is 3. The van der Waals surface area contributed by atoms with E-state index >= 15 is 0 Å². The lowest BCUT2D eigenvalue weighted by Crippen LogP contribution is -2.44. The topological polar surface area (TPSA) is 46.9 Å². The molecule has 5 heteroatoms. The zero-order valence-electron chi connectivity index (χ0n) is 11.5. The molecule has 0 aliphatic heterocycles. The molecule has 0 aromatic carbocycles. The van der Waals surface area contributed by atoms with Crippen molar-refractivity contribution in [2.75, 3.05) is 0 Å². The fourth-order valence-electron chi connectivity index (χ4n) is 1.73. The van der Waals surface area contributed by atoms with Crippen molar-refractivity contribution in [3.63, 3.8) is 0 Å². The molecular formula is C14H19N3OS. The normalized spacial score (nSPS) is 11.5. The van der Waals surface area contributed by atoms with Crippen LogP contribution in [0.1, 0.15) is 27.2 Å². The van der Waals surface area contributed by atoms with Gasteiger partial charge in [0.25, 0.3) is 0 Å². The predicted molar refractivity (Wildman–Crippen MR) is 78.1 cm³/mol. The Morgan fingerprint density at radius 2 is 2.32 bits per heavy atom. The zero-order valence-corrected chi connectivity index (χ0v) is 12.3. The van der Waals surface area contributed by atoms with Crippen LogP contribution in [0, 0.1) is 0 Å². The van der Waals surface area contributed by atoms with Gasteiger partial charge in [-0.3, -0.25) is 4.79 Å². The molecule has 0 atom stereocenters. The van der Waals surface area contributed by atoms with E-state index in [0.29, 0.717) is 6.54 Å². The minimum absolute atomic E-state index is 0.0163. The van der Waals surface area contributed by atoms with E-state index in [1.165, 1.54) is 0 Å². The highest BCUT2D eigenvalue weighted by Gasteiger charge is 2.18. The van der Waals surface area contributed by atoms with Gasteiger partial charge in [-0.1, -0.05) is 13.0 Å². The van der Waals surface area contributed by atoms with Crippen molar-refractivity contribution in [3.05, 3.63) is 29.9 Å². The maximum absolute atomic E-state index is 12.1. The number of imidazole rings is 1. The van der Waals surface area contributed by atoms with E-state index in [-0.39, 0.29) is 11.4 Å². The maximum Gasteiger partial charge on any atom is 0.240 e. The van der Waals surface area contributed by atoms with Gasteiger partial charge >= 0.3 is 0 Å². The number of carbonyl (C=O) groups is 1. The van der Waals surface area contributed by atoms with Crippen molar-refractivity contribution in [2.24, 2.45) is 0 Å². The van der Waals surface area contributed by atoms with Crippen molar-refractivity contribution >= 4 is 17.2 Å². The van der Waals surface area contributed by atoms with Crippen LogP contribution in [0.15, 0.2) is 29.9 Å². The van der Waals surface area contributed by atoms with Gasteiger partial charge in [0.1, 0.15) is 12.4 Å². The number of carbonyl (C=O) groups excluding carboxylic acids is 1. The minimum Gasteiger partial charge on any atom is -0.350 e. The monoisotopic (exact) mass is 277 g/mol. The Morgan fingerprint density at radius 1 is 1.53 bits per heavy atom. The molecular weight excluding hydrogens is 258 g/mol. The van der Waals surface area contributed by atoms with E-state index in [9.17, 15) is 4.79 Å². The second-order valence-corrected chi connectivity index (χ2v) is 6.09. The number of aromatic nitrogens is 2. The third kappa shape index (κ3) is 3.44. The largest absolute Gasteiger partial charge is 0.350 e. The lowest BCUT2D eigenvalue weighted by Gasteiger charge is -2.24. The molecule has 2 heterocycles. The van der Waals surface area contributed by atoms with Gasteiger partial charge in [0, 0.05) is 17.9 Å². The van der Waals surface area contributed by atoms with Crippen molar-refractivity contribution in [2.45, 2.75) is 39.3 Å². The predicted octanol–water partition coefficient (Wildman–Crippen LogP) is 2.92. The molecule has 0 fully saturated rings. The SMILES string of the molecule is CCC(C)(C)NC(=O)Cn1ccnc1-c1cccs1. The molecule has 0 unspecified atom stereocenters. The minimum atomic E-state index is -0.166. The van der Waals surface area contributed by atoms with Crippen LogP contribution in [0.4, 0.5) is 0 Å². The molecule has 19 heavy (non-hydrogen) atoms. The highest BCUT2D eigenvalue weighted by molar-refractivity contribution is 7.13. The van der Waals surface area contributed by atoms with Crippen LogP contribution in [0.3, 0.4) is 0 Å². The first-order valence-electron chi connectivity index (χ1n) is 6.38. The summed E-state index contributed by atoms with van der Waals surface area (Å²) in [6.45, 7) is 6.42. The Bertz CT molecular complexity index is 543. The summed E-state index contributed by atoms with van der Waals surface area (Å²) in [5, 5.41) is 5.04. The molecule has 0 radical (unpaired) electrons. The smallest absolute Gasteiger partial charge is 0.240 e. The number of nitrogens with one attached hydrogen (secondary N) is 1. The fraction of sp³-hybridized carbons (Fsp3) is 0.429. The van der Waals surface area contributed by atoms with E-state index in [1.54, 1.807) is 17.5 Å². The third-order valence-electron chi connectivity index (χ3n) is 3.13. The number of rotatable bonds is 5. The first kappa shape index (κ1) is 13.8. The Balaban J connectivity index is 2.09. The summed E-state index contributed by atoms with van der Waals surface area (Å²) in [7, 11) is 0. The Morgan fingerprint density at radius 3 is 2.95 bits per heavy atom. The van der Waals surface area contributed by atoms with Crippen molar-refractivity contribution in [3.8, 4) is 10.7 Å². The average molecular weight is 277 g/mol. The van der Waals surface area contributed by atoms with Gasteiger partial charge in [0.05, 0.1) is 4.88 Å². The molecule has 102 valence electrons. The van der Waals surface area contributed by atoms with Gasteiger partial charge in [0.15, 0.2) is 0 Å². The molecule has 2 rings (SSSR count). The second-order valence-electron chi connectivity index (χ2n) is 5.14. The summed E-state index contributed by atoms with van der Waals surface area (Å²) in [6, 6.07) is 4.00. The van der Waals surface area contributed by atoms with Gasteiger partial charge in [-0.15, -0.1) is 11.3 Å². The Kier molecular flexibility index (Phi) is 4.04.